The number of aryl methyl sites for hydroxylation is 1. The lowest BCUT2D eigenvalue weighted by Crippen LogP contribution is -2.06. The first-order chi connectivity index (χ1) is 11.2. The minimum Gasteiger partial charge on any atom is -0.497 e. The fraction of sp³-hybridized carbons (Fsp3) is 0.300. The molecule has 0 saturated carbocycles. The summed E-state index contributed by atoms with van der Waals surface area (Å²) in [6.07, 6.45) is 5.83. The minimum atomic E-state index is -0.479. The molecule has 0 amide bonds. The average molecular weight is 312 g/mol. The summed E-state index contributed by atoms with van der Waals surface area (Å²) in [6.45, 7) is 0. The van der Waals surface area contributed by atoms with Gasteiger partial charge in [0, 0.05) is 6.42 Å². The van der Waals surface area contributed by atoms with Crippen LogP contribution in [0.1, 0.15) is 17.5 Å². The maximum Gasteiger partial charge on any atom is 0.119 e. The van der Waals surface area contributed by atoms with Gasteiger partial charge in [-0.3, -0.25) is 0 Å². The quantitative estimate of drug-likeness (QED) is 0.754. The van der Waals surface area contributed by atoms with E-state index in [-0.39, 0.29) is 0 Å². The molecule has 1 atom stereocenters. The summed E-state index contributed by atoms with van der Waals surface area (Å²) in [6, 6.07) is 15.9. The SMILES string of the molecule is COc1cccc(CC/C=C/[C@H](O)Cc2cccc(OC)c2)c1. The van der Waals surface area contributed by atoms with Crippen molar-refractivity contribution < 1.29 is 14.6 Å². The van der Waals surface area contributed by atoms with Crippen LogP contribution < -0.4 is 9.47 Å². The zero-order chi connectivity index (χ0) is 16.5. The van der Waals surface area contributed by atoms with Gasteiger partial charge in [0.1, 0.15) is 11.5 Å². The van der Waals surface area contributed by atoms with E-state index in [1.54, 1.807) is 14.2 Å². The van der Waals surface area contributed by atoms with Gasteiger partial charge in [-0.25, -0.2) is 0 Å². The van der Waals surface area contributed by atoms with Crippen molar-refractivity contribution in [2.45, 2.75) is 25.4 Å². The predicted octanol–water partition coefficient (Wildman–Crippen LogP) is 3.80. The van der Waals surface area contributed by atoms with Crippen molar-refractivity contribution in [1.29, 1.82) is 0 Å². The Balaban J connectivity index is 1.80. The Bertz CT molecular complexity index is 634. The topological polar surface area (TPSA) is 38.7 Å². The summed E-state index contributed by atoms with van der Waals surface area (Å²) in [5.41, 5.74) is 2.30. The fourth-order valence-electron chi connectivity index (χ4n) is 2.44. The standard InChI is InChI=1S/C20H24O3/c1-22-19-11-5-8-16(14-19)7-3-4-10-18(21)13-17-9-6-12-20(15-17)23-2/h4-6,8-12,14-15,18,21H,3,7,13H2,1-2H3/b10-4+/t18-/m0/s1. The van der Waals surface area contributed by atoms with Crippen LogP contribution in [0.2, 0.25) is 0 Å². The minimum absolute atomic E-state index is 0.479. The number of hydrogen-bond donors (Lipinski definition) is 1. The molecule has 122 valence electrons. The molecule has 0 aliphatic carbocycles. The van der Waals surface area contributed by atoms with Crippen molar-refractivity contribution in [2.24, 2.45) is 0 Å². The van der Waals surface area contributed by atoms with Gasteiger partial charge in [-0.15, -0.1) is 0 Å². The predicted molar refractivity (Wildman–Crippen MR) is 93.2 cm³/mol. The van der Waals surface area contributed by atoms with Gasteiger partial charge in [0.25, 0.3) is 0 Å². The van der Waals surface area contributed by atoms with E-state index < -0.39 is 6.10 Å². The van der Waals surface area contributed by atoms with Crippen LogP contribution in [0.15, 0.2) is 60.7 Å². The van der Waals surface area contributed by atoms with Gasteiger partial charge in [-0.05, 0) is 48.2 Å². The first-order valence-corrected chi connectivity index (χ1v) is 7.82. The van der Waals surface area contributed by atoms with Crippen LogP contribution in [-0.2, 0) is 12.8 Å². The third-order valence-corrected chi connectivity index (χ3v) is 3.67. The van der Waals surface area contributed by atoms with E-state index in [1.165, 1.54) is 5.56 Å². The number of ether oxygens (including phenoxy) is 2. The van der Waals surface area contributed by atoms with Crippen LogP contribution in [0.5, 0.6) is 11.5 Å². The summed E-state index contributed by atoms with van der Waals surface area (Å²) >= 11 is 0. The number of allylic oxidation sites excluding steroid dienone is 1. The highest BCUT2D eigenvalue weighted by Crippen LogP contribution is 2.15. The zero-order valence-corrected chi connectivity index (χ0v) is 13.7. The second kappa shape index (κ2) is 9.01. The lowest BCUT2D eigenvalue weighted by Gasteiger charge is -2.07. The highest BCUT2D eigenvalue weighted by Gasteiger charge is 2.02. The van der Waals surface area contributed by atoms with E-state index in [2.05, 4.69) is 6.07 Å². The summed E-state index contributed by atoms with van der Waals surface area (Å²) in [5, 5.41) is 10.1. The largest absolute Gasteiger partial charge is 0.497 e. The molecule has 0 heterocycles. The number of hydrogen-bond acceptors (Lipinski definition) is 3. The van der Waals surface area contributed by atoms with E-state index in [9.17, 15) is 5.11 Å². The molecular formula is C20H24O3. The van der Waals surface area contributed by atoms with Crippen LogP contribution in [0.25, 0.3) is 0 Å². The third kappa shape index (κ3) is 5.80. The molecule has 0 bridgehead atoms. The summed E-state index contributed by atoms with van der Waals surface area (Å²) in [7, 11) is 3.32. The maximum absolute atomic E-state index is 10.1. The average Bonchev–Trinajstić information content (AvgIpc) is 2.59. The highest BCUT2D eigenvalue weighted by molar-refractivity contribution is 5.30. The van der Waals surface area contributed by atoms with Gasteiger partial charge >= 0.3 is 0 Å². The van der Waals surface area contributed by atoms with Crippen LogP contribution in [-0.4, -0.2) is 25.4 Å². The van der Waals surface area contributed by atoms with Gasteiger partial charge < -0.3 is 14.6 Å². The van der Waals surface area contributed by atoms with Gasteiger partial charge in [-0.2, -0.15) is 0 Å². The van der Waals surface area contributed by atoms with Crippen molar-refractivity contribution in [2.75, 3.05) is 14.2 Å². The normalized spacial score (nSPS) is 12.3. The van der Waals surface area contributed by atoms with Crippen LogP contribution in [0.3, 0.4) is 0 Å². The Labute approximate surface area is 138 Å². The molecule has 2 rings (SSSR count). The van der Waals surface area contributed by atoms with Gasteiger partial charge in [-0.1, -0.05) is 36.4 Å². The molecular weight excluding hydrogens is 288 g/mol. The molecule has 0 saturated heterocycles. The van der Waals surface area contributed by atoms with E-state index in [0.717, 1.165) is 29.9 Å². The molecule has 2 aromatic carbocycles. The first kappa shape index (κ1) is 17.1. The molecule has 0 aromatic heterocycles. The number of aliphatic hydroxyl groups excluding tert-OH is 1. The Morgan fingerprint density at radius 3 is 2.22 bits per heavy atom. The van der Waals surface area contributed by atoms with Crippen molar-refractivity contribution in [3.8, 4) is 11.5 Å². The van der Waals surface area contributed by atoms with Crippen LogP contribution in [0, 0.1) is 0 Å². The molecule has 0 unspecified atom stereocenters. The maximum atomic E-state index is 10.1. The van der Waals surface area contributed by atoms with Crippen LogP contribution >= 0.6 is 0 Å². The fourth-order valence-corrected chi connectivity index (χ4v) is 2.44. The Morgan fingerprint density at radius 1 is 0.957 bits per heavy atom. The first-order valence-electron chi connectivity index (χ1n) is 7.82. The number of methoxy groups -OCH3 is 2. The monoisotopic (exact) mass is 312 g/mol. The van der Waals surface area contributed by atoms with Crippen LogP contribution in [0.4, 0.5) is 0 Å². The number of rotatable bonds is 8. The lowest BCUT2D eigenvalue weighted by molar-refractivity contribution is 0.223. The number of benzene rings is 2. The molecule has 23 heavy (non-hydrogen) atoms. The van der Waals surface area contributed by atoms with Gasteiger partial charge in [0.05, 0.1) is 20.3 Å². The second-order valence-electron chi connectivity index (χ2n) is 5.44. The highest BCUT2D eigenvalue weighted by atomic mass is 16.5. The molecule has 1 N–H and O–H groups in total. The Morgan fingerprint density at radius 2 is 1.57 bits per heavy atom. The Hall–Kier alpha value is -2.26. The number of aliphatic hydroxyl groups is 1. The molecule has 2 aromatic rings. The third-order valence-electron chi connectivity index (χ3n) is 3.67. The summed E-state index contributed by atoms with van der Waals surface area (Å²) < 4.78 is 10.4. The molecule has 0 aliphatic heterocycles. The summed E-state index contributed by atoms with van der Waals surface area (Å²) in [5.74, 6) is 1.70. The van der Waals surface area contributed by atoms with Gasteiger partial charge in [0.15, 0.2) is 0 Å². The molecule has 0 radical (unpaired) electrons. The molecule has 3 heteroatoms. The van der Waals surface area contributed by atoms with E-state index in [0.29, 0.717) is 6.42 Å². The van der Waals surface area contributed by atoms with Crippen molar-refractivity contribution in [1.82, 2.24) is 0 Å². The van der Waals surface area contributed by atoms with Crippen molar-refractivity contribution in [3.05, 3.63) is 71.8 Å². The van der Waals surface area contributed by atoms with Gasteiger partial charge in [0.2, 0.25) is 0 Å². The molecule has 0 aliphatic rings. The second-order valence-corrected chi connectivity index (χ2v) is 5.44. The Kier molecular flexibility index (Phi) is 6.70. The molecule has 0 fully saturated rings. The van der Waals surface area contributed by atoms with E-state index in [1.807, 2.05) is 54.6 Å². The lowest BCUT2D eigenvalue weighted by atomic mass is 10.1. The molecule has 3 nitrogen and oxygen atoms in total. The smallest absolute Gasteiger partial charge is 0.119 e. The van der Waals surface area contributed by atoms with E-state index >= 15 is 0 Å². The van der Waals surface area contributed by atoms with Crippen molar-refractivity contribution >= 4 is 0 Å². The zero-order valence-electron chi connectivity index (χ0n) is 13.7. The van der Waals surface area contributed by atoms with Crippen molar-refractivity contribution in [3.63, 3.8) is 0 Å². The summed E-state index contributed by atoms with van der Waals surface area (Å²) in [4.78, 5) is 0. The van der Waals surface area contributed by atoms with E-state index in [4.69, 9.17) is 9.47 Å². The molecule has 0 spiro atoms.